The lowest BCUT2D eigenvalue weighted by molar-refractivity contribution is 0.0935. The maximum absolute atomic E-state index is 12.6. The van der Waals surface area contributed by atoms with Gasteiger partial charge in [-0.25, -0.2) is 0 Å². The number of hydrogen-bond acceptors (Lipinski definition) is 4. The van der Waals surface area contributed by atoms with Gasteiger partial charge >= 0.3 is 0 Å². The molecular weight excluding hydrogens is 330 g/mol. The Morgan fingerprint density at radius 2 is 1.69 bits per heavy atom. The molecule has 0 bridgehead atoms. The van der Waals surface area contributed by atoms with Crippen LogP contribution in [-0.2, 0) is 0 Å². The molecular formula is C21H27NO4. The Morgan fingerprint density at radius 1 is 1.00 bits per heavy atom. The number of rotatable bonds is 9. The van der Waals surface area contributed by atoms with Crippen LogP contribution < -0.4 is 19.5 Å². The van der Waals surface area contributed by atoms with Crippen LogP contribution in [0, 0.1) is 0 Å². The molecule has 0 fully saturated rings. The molecule has 1 atom stereocenters. The van der Waals surface area contributed by atoms with E-state index in [1.807, 2.05) is 37.3 Å². The smallest absolute Gasteiger partial charge is 0.251 e. The van der Waals surface area contributed by atoms with Gasteiger partial charge in [0.15, 0.2) is 11.5 Å². The molecule has 0 saturated carbocycles. The third kappa shape index (κ3) is 4.91. The van der Waals surface area contributed by atoms with E-state index in [4.69, 9.17) is 14.2 Å². The second-order valence-corrected chi connectivity index (χ2v) is 5.92. The number of carbonyl (C=O) groups excluding carboxylic acids is 1. The second-order valence-electron chi connectivity index (χ2n) is 5.92. The molecule has 0 aliphatic rings. The van der Waals surface area contributed by atoms with E-state index in [0.29, 0.717) is 23.7 Å². The van der Waals surface area contributed by atoms with Crippen LogP contribution in [0.2, 0.25) is 0 Å². The summed E-state index contributed by atoms with van der Waals surface area (Å²) in [6.07, 6.45) is 1.71. The van der Waals surface area contributed by atoms with E-state index < -0.39 is 0 Å². The molecule has 1 unspecified atom stereocenters. The Bertz CT molecular complexity index is 712. The topological polar surface area (TPSA) is 56.8 Å². The molecule has 0 aromatic heterocycles. The van der Waals surface area contributed by atoms with Crippen LogP contribution in [0.4, 0.5) is 0 Å². The van der Waals surface area contributed by atoms with Gasteiger partial charge in [0.2, 0.25) is 0 Å². The first-order valence-electron chi connectivity index (χ1n) is 8.88. The van der Waals surface area contributed by atoms with Crippen molar-refractivity contribution < 1.29 is 19.0 Å². The fraction of sp³-hybridized carbons (Fsp3) is 0.381. The highest BCUT2D eigenvalue weighted by Gasteiger charge is 2.16. The quantitative estimate of drug-likeness (QED) is 0.724. The number of carbonyl (C=O) groups is 1. The zero-order chi connectivity index (χ0) is 18.9. The summed E-state index contributed by atoms with van der Waals surface area (Å²) < 4.78 is 16.2. The van der Waals surface area contributed by atoms with Gasteiger partial charge in [0.25, 0.3) is 5.91 Å². The molecule has 0 saturated heterocycles. The minimum atomic E-state index is -0.117. The average molecular weight is 357 g/mol. The minimum Gasteiger partial charge on any atom is -0.494 e. The molecule has 0 aliphatic carbocycles. The Balaban J connectivity index is 2.10. The molecule has 0 heterocycles. The summed E-state index contributed by atoms with van der Waals surface area (Å²) in [4.78, 5) is 12.6. The molecule has 0 spiro atoms. The van der Waals surface area contributed by atoms with Crippen molar-refractivity contribution in [3.63, 3.8) is 0 Å². The SMILES string of the molecule is CCCOc1ccc(C(=O)NC(CC)c2ccc(OC)c(OC)c2)cc1. The van der Waals surface area contributed by atoms with Gasteiger partial charge in [-0.3, -0.25) is 4.79 Å². The molecule has 1 amide bonds. The second kappa shape index (κ2) is 9.70. The number of hydrogen-bond donors (Lipinski definition) is 1. The van der Waals surface area contributed by atoms with Gasteiger partial charge < -0.3 is 19.5 Å². The molecule has 0 radical (unpaired) electrons. The number of benzene rings is 2. The van der Waals surface area contributed by atoms with Crippen LogP contribution in [0.3, 0.4) is 0 Å². The summed E-state index contributed by atoms with van der Waals surface area (Å²) in [5, 5.41) is 3.07. The summed E-state index contributed by atoms with van der Waals surface area (Å²) in [6, 6.07) is 12.8. The van der Waals surface area contributed by atoms with Crippen molar-refractivity contribution >= 4 is 5.91 Å². The predicted molar refractivity (Wildman–Crippen MR) is 102 cm³/mol. The zero-order valence-electron chi connectivity index (χ0n) is 15.9. The number of nitrogens with one attached hydrogen (secondary N) is 1. The van der Waals surface area contributed by atoms with Gasteiger partial charge in [-0.05, 0) is 54.8 Å². The molecule has 2 aromatic rings. The Hall–Kier alpha value is -2.69. The van der Waals surface area contributed by atoms with Gasteiger partial charge in [0, 0.05) is 5.56 Å². The lowest BCUT2D eigenvalue weighted by Gasteiger charge is -2.19. The van der Waals surface area contributed by atoms with E-state index in [2.05, 4.69) is 12.2 Å². The van der Waals surface area contributed by atoms with Crippen molar-refractivity contribution in [3.05, 3.63) is 53.6 Å². The third-order valence-electron chi connectivity index (χ3n) is 4.11. The van der Waals surface area contributed by atoms with Crippen LogP contribution in [0.1, 0.15) is 48.7 Å². The van der Waals surface area contributed by atoms with E-state index in [9.17, 15) is 4.79 Å². The summed E-state index contributed by atoms with van der Waals surface area (Å²) in [7, 11) is 3.20. The van der Waals surface area contributed by atoms with Crippen LogP contribution in [0.5, 0.6) is 17.2 Å². The standard InChI is InChI=1S/C21H27NO4/c1-5-13-26-17-10-7-15(8-11-17)21(23)22-18(6-2)16-9-12-19(24-3)20(14-16)25-4/h7-12,14,18H,5-6,13H2,1-4H3,(H,22,23). The Morgan fingerprint density at radius 3 is 2.27 bits per heavy atom. The first kappa shape index (κ1) is 19.6. The molecule has 5 heteroatoms. The van der Waals surface area contributed by atoms with Crippen molar-refractivity contribution in [3.8, 4) is 17.2 Å². The van der Waals surface area contributed by atoms with Crippen molar-refractivity contribution in [2.24, 2.45) is 0 Å². The maximum Gasteiger partial charge on any atom is 0.251 e. The highest BCUT2D eigenvalue weighted by Crippen LogP contribution is 2.31. The maximum atomic E-state index is 12.6. The minimum absolute atomic E-state index is 0.113. The van der Waals surface area contributed by atoms with E-state index >= 15 is 0 Å². The van der Waals surface area contributed by atoms with Crippen LogP contribution in [-0.4, -0.2) is 26.7 Å². The van der Waals surface area contributed by atoms with Crippen LogP contribution >= 0.6 is 0 Å². The first-order chi connectivity index (χ1) is 12.6. The molecule has 2 rings (SSSR count). The van der Waals surface area contributed by atoms with Gasteiger partial charge in [0.1, 0.15) is 5.75 Å². The molecule has 26 heavy (non-hydrogen) atoms. The largest absolute Gasteiger partial charge is 0.494 e. The molecule has 2 aromatic carbocycles. The highest BCUT2D eigenvalue weighted by atomic mass is 16.5. The summed E-state index contributed by atoms with van der Waals surface area (Å²) in [6.45, 7) is 4.76. The lowest BCUT2D eigenvalue weighted by Crippen LogP contribution is -2.28. The van der Waals surface area contributed by atoms with Crippen LogP contribution in [0.25, 0.3) is 0 Å². The van der Waals surface area contributed by atoms with Crippen molar-refractivity contribution in [2.45, 2.75) is 32.7 Å². The molecule has 5 nitrogen and oxygen atoms in total. The van der Waals surface area contributed by atoms with E-state index in [1.54, 1.807) is 26.4 Å². The molecule has 140 valence electrons. The summed E-state index contributed by atoms with van der Waals surface area (Å²) >= 11 is 0. The van der Waals surface area contributed by atoms with Crippen molar-refractivity contribution in [2.75, 3.05) is 20.8 Å². The fourth-order valence-electron chi connectivity index (χ4n) is 2.65. The number of ether oxygens (including phenoxy) is 3. The van der Waals surface area contributed by atoms with Crippen molar-refractivity contribution in [1.82, 2.24) is 5.32 Å². The fourth-order valence-corrected chi connectivity index (χ4v) is 2.65. The number of methoxy groups -OCH3 is 2. The number of amides is 1. The Labute approximate surface area is 155 Å². The van der Waals surface area contributed by atoms with Gasteiger partial charge in [-0.1, -0.05) is 19.9 Å². The van der Waals surface area contributed by atoms with Gasteiger partial charge in [-0.15, -0.1) is 0 Å². The third-order valence-corrected chi connectivity index (χ3v) is 4.11. The monoisotopic (exact) mass is 357 g/mol. The van der Waals surface area contributed by atoms with Gasteiger partial charge in [0.05, 0.1) is 26.9 Å². The van der Waals surface area contributed by atoms with Gasteiger partial charge in [-0.2, -0.15) is 0 Å². The predicted octanol–water partition coefficient (Wildman–Crippen LogP) is 4.37. The highest BCUT2D eigenvalue weighted by molar-refractivity contribution is 5.94. The van der Waals surface area contributed by atoms with E-state index in [0.717, 1.165) is 24.2 Å². The molecule has 1 N–H and O–H groups in total. The summed E-state index contributed by atoms with van der Waals surface area (Å²) in [5.74, 6) is 1.97. The van der Waals surface area contributed by atoms with Crippen LogP contribution in [0.15, 0.2) is 42.5 Å². The van der Waals surface area contributed by atoms with E-state index in [1.165, 1.54) is 0 Å². The molecule has 0 aliphatic heterocycles. The average Bonchev–Trinajstić information content (AvgIpc) is 2.70. The van der Waals surface area contributed by atoms with E-state index in [-0.39, 0.29) is 11.9 Å². The van der Waals surface area contributed by atoms with Crippen molar-refractivity contribution in [1.29, 1.82) is 0 Å². The first-order valence-corrected chi connectivity index (χ1v) is 8.88. The zero-order valence-corrected chi connectivity index (χ0v) is 15.9. The summed E-state index contributed by atoms with van der Waals surface area (Å²) in [5.41, 5.74) is 1.58. The lowest BCUT2D eigenvalue weighted by atomic mass is 10.0. The Kier molecular flexibility index (Phi) is 7.33. The normalized spacial score (nSPS) is 11.5.